The summed E-state index contributed by atoms with van der Waals surface area (Å²) in [5.41, 5.74) is 0. The Morgan fingerprint density at radius 2 is 0.885 bits per heavy atom. The molecule has 0 aliphatic carbocycles. The van der Waals surface area contributed by atoms with Gasteiger partial charge in [-0.2, -0.15) is 39.5 Å². The lowest BCUT2D eigenvalue weighted by atomic mass is 10.5. The number of amides is 2. The summed E-state index contributed by atoms with van der Waals surface area (Å²) in [5, 5.41) is 12.7. The number of aliphatic carboxylic acids is 1. The van der Waals surface area contributed by atoms with Crippen molar-refractivity contribution in [2.45, 2.75) is 18.5 Å². The predicted octanol–water partition coefficient (Wildman–Crippen LogP) is 0.566. The van der Waals surface area contributed by atoms with Gasteiger partial charge in [-0.3, -0.25) is 9.59 Å². The van der Waals surface area contributed by atoms with Crippen molar-refractivity contribution >= 4 is 17.8 Å². The van der Waals surface area contributed by atoms with Crippen LogP contribution in [-0.4, -0.2) is 67.6 Å². The van der Waals surface area contributed by atoms with Gasteiger partial charge in [0.25, 0.3) is 0 Å². The lowest BCUT2D eigenvalue weighted by Gasteiger charge is -2.10. The summed E-state index contributed by atoms with van der Waals surface area (Å²) >= 11 is 0. The van der Waals surface area contributed by atoms with E-state index in [1.165, 1.54) is 0 Å². The van der Waals surface area contributed by atoms with Crippen molar-refractivity contribution in [3.8, 4) is 0 Å². The molecule has 154 valence electrons. The molecule has 0 aromatic heterocycles. The smallest absolute Gasteiger partial charge is 0.475 e. The molecule has 0 unspecified atom stereocenters. The fourth-order valence-corrected chi connectivity index (χ4v) is 0.854. The summed E-state index contributed by atoms with van der Waals surface area (Å²) in [6.45, 7) is -0.843. The molecule has 0 bridgehead atoms. The number of halogens is 9. The number of hydrogen-bond acceptors (Lipinski definition) is 4. The quantitative estimate of drug-likeness (QED) is 0.379. The first kappa shape index (κ1) is 26.0. The molecule has 0 spiro atoms. The molecule has 0 heterocycles. The minimum atomic E-state index is -5.08. The lowest BCUT2D eigenvalue weighted by Crippen LogP contribution is -2.43. The fraction of sp³-hybridized carbons (Fsp3) is 0.700. The van der Waals surface area contributed by atoms with E-state index in [-0.39, 0.29) is 26.2 Å². The monoisotopic (exact) mass is 409 g/mol. The van der Waals surface area contributed by atoms with Gasteiger partial charge in [0.15, 0.2) is 0 Å². The zero-order valence-electron chi connectivity index (χ0n) is 12.4. The second-order valence-electron chi connectivity index (χ2n) is 4.06. The minimum absolute atomic E-state index is 0.0797. The van der Waals surface area contributed by atoms with E-state index >= 15 is 0 Å². The molecule has 0 aromatic carbocycles. The van der Waals surface area contributed by atoms with Crippen LogP contribution in [0.5, 0.6) is 0 Å². The maximum absolute atomic E-state index is 11.7. The van der Waals surface area contributed by atoms with E-state index in [9.17, 15) is 49.1 Å². The molecule has 7 nitrogen and oxygen atoms in total. The maximum Gasteiger partial charge on any atom is 0.490 e. The molecule has 4 N–H and O–H groups in total. The summed E-state index contributed by atoms with van der Waals surface area (Å²) < 4.78 is 102. The van der Waals surface area contributed by atoms with Gasteiger partial charge in [0, 0.05) is 26.2 Å². The normalized spacial score (nSPS) is 11.9. The van der Waals surface area contributed by atoms with E-state index in [0.29, 0.717) is 0 Å². The zero-order valence-corrected chi connectivity index (χ0v) is 12.4. The molecular formula is C10H12F9N3O4. The van der Waals surface area contributed by atoms with Gasteiger partial charge in [0.05, 0.1) is 0 Å². The molecule has 0 saturated carbocycles. The van der Waals surface area contributed by atoms with Crippen LogP contribution in [0.25, 0.3) is 0 Å². The van der Waals surface area contributed by atoms with Crippen molar-refractivity contribution < 1.29 is 59.0 Å². The Morgan fingerprint density at radius 3 is 1.08 bits per heavy atom. The molecule has 0 atom stereocenters. The highest BCUT2D eigenvalue weighted by Gasteiger charge is 2.39. The summed E-state index contributed by atoms with van der Waals surface area (Å²) in [7, 11) is 0. The van der Waals surface area contributed by atoms with E-state index in [0.717, 1.165) is 0 Å². The van der Waals surface area contributed by atoms with E-state index < -0.39 is 36.3 Å². The van der Waals surface area contributed by atoms with Crippen molar-refractivity contribution in [2.75, 3.05) is 26.2 Å². The van der Waals surface area contributed by atoms with Crippen molar-refractivity contribution in [3.63, 3.8) is 0 Å². The third-order valence-electron chi connectivity index (χ3n) is 1.93. The number of hydrogen-bond donors (Lipinski definition) is 4. The molecule has 26 heavy (non-hydrogen) atoms. The van der Waals surface area contributed by atoms with Gasteiger partial charge in [0.2, 0.25) is 0 Å². The van der Waals surface area contributed by atoms with Crippen LogP contribution in [0, 0.1) is 0 Å². The number of carbonyl (C=O) groups is 3. The predicted molar refractivity (Wildman–Crippen MR) is 64.7 cm³/mol. The third kappa shape index (κ3) is 14.1. The highest BCUT2D eigenvalue weighted by molar-refractivity contribution is 5.82. The molecule has 0 aromatic rings. The fourth-order valence-electron chi connectivity index (χ4n) is 0.854. The SMILES string of the molecule is O=C(NCCNCCNC(=O)C(F)(F)F)C(F)(F)F.O=C(O)C(F)(F)F. The average molecular weight is 409 g/mol. The molecule has 2 amide bonds. The minimum Gasteiger partial charge on any atom is -0.475 e. The van der Waals surface area contributed by atoms with Crippen LogP contribution in [0.15, 0.2) is 0 Å². The van der Waals surface area contributed by atoms with Gasteiger partial charge in [0.1, 0.15) is 0 Å². The van der Waals surface area contributed by atoms with Crippen LogP contribution >= 0.6 is 0 Å². The van der Waals surface area contributed by atoms with Gasteiger partial charge in [-0.25, -0.2) is 4.79 Å². The number of rotatable bonds is 6. The first-order valence-corrected chi connectivity index (χ1v) is 6.20. The van der Waals surface area contributed by atoms with Gasteiger partial charge < -0.3 is 21.1 Å². The number of nitrogens with one attached hydrogen (secondary N) is 3. The molecule has 0 aliphatic rings. The number of carboxylic acids is 1. The molecule has 0 rings (SSSR count). The number of alkyl halides is 9. The maximum atomic E-state index is 11.7. The van der Waals surface area contributed by atoms with Crippen molar-refractivity contribution in [2.24, 2.45) is 0 Å². The average Bonchev–Trinajstić information content (AvgIpc) is 2.43. The van der Waals surface area contributed by atoms with E-state index in [1.54, 1.807) is 10.6 Å². The standard InChI is InChI=1S/C8H11F6N3O2.C2HF3O2/c9-7(10,11)5(18)16-3-1-15-2-4-17-6(19)8(12,13)14;3-2(4,5)1(6)7/h15H,1-4H2,(H,16,18)(H,17,19);(H,6,7). The van der Waals surface area contributed by atoms with Gasteiger partial charge in [-0.1, -0.05) is 0 Å². The highest BCUT2D eigenvalue weighted by Crippen LogP contribution is 2.14. The molecule has 16 heteroatoms. The van der Waals surface area contributed by atoms with Gasteiger partial charge in [-0.15, -0.1) is 0 Å². The summed E-state index contributed by atoms with van der Waals surface area (Å²) in [5.74, 6) is -6.95. The Morgan fingerprint density at radius 1 is 0.615 bits per heavy atom. The molecule has 0 fully saturated rings. The van der Waals surface area contributed by atoms with E-state index in [4.69, 9.17) is 9.90 Å². The largest absolute Gasteiger partial charge is 0.490 e. The van der Waals surface area contributed by atoms with Crippen LogP contribution in [0.4, 0.5) is 39.5 Å². The zero-order chi connectivity index (χ0) is 21.2. The molecule has 0 radical (unpaired) electrons. The third-order valence-corrected chi connectivity index (χ3v) is 1.93. The second kappa shape index (κ2) is 10.7. The summed E-state index contributed by atoms with van der Waals surface area (Å²) in [4.78, 5) is 29.5. The summed E-state index contributed by atoms with van der Waals surface area (Å²) in [6.07, 6.45) is -15.0. The van der Waals surface area contributed by atoms with Crippen LogP contribution in [0.3, 0.4) is 0 Å². The van der Waals surface area contributed by atoms with Crippen molar-refractivity contribution in [1.82, 2.24) is 16.0 Å². The topological polar surface area (TPSA) is 108 Å². The van der Waals surface area contributed by atoms with Crippen LogP contribution in [-0.2, 0) is 14.4 Å². The Bertz CT molecular complexity index is 444. The molecule has 0 saturated heterocycles. The van der Waals surface area contributed by atoms with Crippen molar-refractivity contribution in [3.05, 3.63) is 0 Å². The Balaban J connectivity index is 0. The van der Waals surface area contributed by atoms with Crippen LogP contribution in [0.2, 0.25) is 0 Å². The van der Waals surface area contributed by atoms with Crippen molar-refractivity contribution in [1.29, 1.82) is 0 Å². The first-order valence-electron chi connectivity index (χ1n) is 6.20. The lowest BCUT2D eigenvalue weighted by molar-refractivity contribution is -0.192. The molecule has 0 aliphatic heterocycles. The van der Waals surface area contributed by atoms with Gasteiger partial charge >= 0.3 is 36.3 Å². The summed E-state index contributed by atoms with van der Waals surface area (Å²) in [6, 6.07) is 0. The van der Waals surface area contributed by atoms with Crippen LogP contribution in [0.1, 0.15) is 0 Å². The Kier molecular flexibility index (Phi) is 10.7. The Hall–Kier alpha value is -2.26. The number of carbonyl (C=O) groups excluding carboxylic acids is 2. The number of carboxylic acid groups (broad SMARTS) is 1. The Labute approximate surface area is 138 Å². The van der Waals surface area contributed by atoms with E-state index in [2.05, 4.69) is 5.32 Å². The van der Waals surface area contributed by atoms with Gasteiger partial charge in [-0.05, 0) is 0 Å². The van der Waals surface area contributed by atoms with Crippen LogP contribution < -0.4 is 16.0 Å². The molecular weight excluding hydrogens is 397 g/mol. The first-order chi connectivity index (χ1) is 11.5. The highest BCUT2D eigenvalue weighted by atomic mass is 19.4. The van der Waals surface area contributed by atoms with E-state index in [1.807, 2.05) is 0 Å². The second-order valence-corrected chi connectivity index (χ2v) is 4.06.